The third kappa shape index (κ3) is 5.77. The maximum absolute atomic E-state index is 13.6. The molecular weight excluding hydrogens is 391 g/mol. The largest absolute Gasteiger partial charge is 0.356 e. The number of aliphatic imine (C=N–C) groups is 1. The van der Waals surface area contributed by atoms with Crippen molar-refractivity contribution in [2.75, 3.05) is 20.6 Å². The third-order valence-corrected chi connectivity index (χ3v) is 6.56. The number of hydrogen-bond acceptors (Lipinski definition) is 3. The van der Waals surface area contributed by atoms with Crippen molar-refractivity contribution in [1.29, 1.82) is 0 Å². The first-order valence-electron chi connectivity index (χ1n) is 9.55. The van der Waals surface area contributed by atoms with E-state index in [1.807, 2.05) is 24.3 Å². The average molecular weight is 419 g/mol. The minimum absolute atomic E-state index is 0.0405. The molecular formula is C21H27FN4O2S. The van der Waals surface area contributed by atoms with E-state index in [4.69, 9.17) is 0 Å². The van der Waals surface area contributed by atoms with Crippen LogP contribution in [0.25, 0.3) is 0 Å². The summed E-state index contributed by atoms with van der Waals surface area (Å²) < 4.78 is 39.4. The number of halogens is 1. The highest BCUT2D eigenvalue weighted by atomic mass is 32.2. The first-order valence-corrected chi connectivity index (χ1v) is 11.2. The van der Waals surface area contributed by atoms with Crippen LogP contribution in [0.3, 0.4) is 0 Å². The van der Waals surface area contributed by atoms with Crippen molar-refractivity contribution in [2.24, 2.45) is 4.99 Å². The molecule has 6 nitrogen and oxygen atoms in total. The third-order valence-electron chi connectivity index (χ3n) is 5.23. The average Bonchev–Trinajstić information content (AvgIpc) is 3.49. The van der Waals surface area contributed by atoms with E-state index in [0.29, 0.717) is 19.0 Å². The SMILES string of the molecule is CN=C(NCc1cccc(CS(=O)(=O)NC)c1)NCC1(c2cccc(F)c2)CC1. The van der Waals surface area contributed by atoms with E-state index < -0.39 is 10.0 Å². The number of sulfonamides is 1. The summed E-state index contributed by atoms with van der Waals surface area (Å²) in [4.78, 5) is 4.25. The first kappa shape index (κ1) is 21.3. The van der Waals surface area contributed by atoms with Gasteiger partial charge in [-0.05, 0) is 48.7 Å². The molecule has 0 spiro atoms. The zero-order valence-corrected chi connectivity index (χ0v) is 17.5. The summed E-state index contributed by atoms with van der Waals surface area (Å²) in [6.45, 7) is 1.19. The fraction of sp³-hybridized carbons (Fsp3) is 0.381. The molecule has 0 atom stereocenters. The van der Waals surface area contributed by atoms with Crippen LogP contribution in [0, 0.1) is 5.82 Å². The topological polar surface area (TPSA) is 82.6 Å². The Morgan fingerprint density at radius 2 is 1.83 bits per heavy atom. The molecule has 1 aliphatic rings. The van der Waals surface area contributed by atoms with Crippen molar-refractivity contribution in [2.45, 2.75) is 30.6 Å². The molecule has 0 amide bonds. The van der Waals surface area contributed by atoms with Crippen molar-refractivity contribution < 1.29 is 12.8 Å². The number of nitrogens with one attached hydrogen (secondary N) is 3. The molecule has 8 heteroatoms. The van der Waals surface area contributed by atoms with Gasteiger partial charge in [0, 0.05) is 25.6 Å². The number of guanidine groups is 1. The van der Waals surface area contributed by atoms with Crippen molar-refractivity contribution >= 4 is 16.0 Å². The van der Waals surface area contributed by atoms with Crippen molar-refractivity contribution in [3.8, 4) is 0 Å². The summed E-state index contributed by atoms with van der Waals surface area (Å²) in [6, 6.07) is 14.2. The Kier molecular flexibility index (Phi) is 6.54. The van der Waals surface area contributed by atoms with E-state index in [2.05, 4.69) is 20.3 Å². The zero-order chi connectivity index (χ0) is 20.9. The zero-order valence-electron chi connectivity index (χ0n) is 16.7. The van der Waals surface area contributed by atoms with Crippen LogP contribution in [0.4, 0.5) is 4.39 Å². The molecule has 1 saturated carbocycles. The van der Waals surface area contributed by atoms with E-state index in [1.165, 1.54) is 13.1 Å². The van der Waals surface area contributed by atoms with E-state index in [-0.39, 0.29) is 17.0 Å². The number of nitrogens with zero attached hydrogens (tertiary/aromatic N) is 1. The predicted octanol–water partition coefficient (Wildman–Crippen LogP) is 2.27. The van der Waals surface area contributed by atoms with Gasteiger partial charge in [0.05, 0.1) is 5.75 Å². The fourth-order valence-corrected chi connectivity index (χ4v) is 4.08. The van der Waals surface area contributed by atoms with Gasteiger partial charge in [-0.25, -0.2) is 17.5 Å². The van der Waals surface area contributed by atoms with Crippen LogP contribution in [0.5, 0.6) is 0 Å². The smallest absolute Gasteiger partial charge is 0.215 e. The Balaban J connectivity index is 1.56. The van der Waals surface area contributed by atoms with Gasteiger partial charge in [-0.1, -0.05) is 36.4 Å². The lowest BCUT2D eigenvalue weighted by Gasteiger charge is -2.19. The Morgan fingerprint density at radius 3 is 2.48 bits per heavy atom. The molecule has 0 aromatic heterocycles. The van der Waals surface area contributed by atoms with Crippen molar-refractivity contribution in [3.63, 3.8) is 0 Å². The van der Waals surface area contributed by atoms with E-state index in [9.17, 15) is 12.8 Å². The van der Waals surface area contributed by atoms with Crippen LogP contribution in [0.1, 0.15) is 29.5 Å². The Labute approximate surface area is 171 Å². The molecule has 0 aliphatic heterocycles. The van der Waals surface area contributed by atoms with Gasteiger partial charge in [0.15, 0.2) is 5.96 Å². The van der Waals surface area contributed by atoms with Gasteiger partial charge in [-0.3, -0.25) is 4.99 Å². The second kappa shape index (κ2) is 8.92. The predicted molar refractivity (Wildman–Crippen MR) is 114 cm³/mol. The Morgan fingerprint density at radius 1 is 1.10 bits per heavy atom. The number of hydrogen-bond donors (Lipinski definition) is 3. The van der Waals surface area contributed by atoms with Crippen LogP contribution in [0.2, 0.25) is 0 Å². The summed E-state index contributed by atoms with van der Waals surface area (Å²) in [7, 11) is -0.195. The van der Waals surface area contributed by atoms with E-state index in [1.54, 1.807) is 25.2 Å². The normalized spacial score (nSPS) is 15.8. The summed E-state index contributed by atoms with van der Waals surface area (Å²) in [5.74, 6) is 0.387. The van der Waals surface area contributed by atoms with Gasteiger partial charge in [-0.2, -0.15) is 0 Å². The van der Waals surface area contributed by atoms with Crippen LogP contribution < -0.4 is 15.4 Å². The second-order valence-electron chi connectivity index (χ2n) is 7.35. The van der Waals surface area contributed by atoms with Gasteiger partial charge in [0.1, 0.15) is 5.82 Å². The van der Waals surface area contributed by atoms with Crippen molar-refractivity contribution in [1.82, 2.24) is 15.4 Å². The molecule has 156 valence electrons. The molecule has 1 fully saturated rings. The van der Waals surface area contributed by atoms with E-state index in [0.717, 1.165) is 29.5 Å². The van der Waals surface area contributed by atoms with Crippen LogP contribution in [0.15, 0.2) is 53.5 Å². The van der Waals surface area contributed by atoms with Gasteiger partial charge in [0.25, 0.3) is 0 Å². The molecule has 0 saturated heterocycles. The quantitative estimate of drug-likeness (QED) is 0.454. The first-order chi connectivity index (χ1) is 13.9. The highest BCUT2D eigenvalue weighted by Crippen LogP contribution is 2.47. The summed E-state index contributed by atoms with van der Waals surface area (Å²) >= 11 is 0. The lowest BCUT2D eigenvalue weighted by molar-refractivity contribution is 0.587. The van der Waals surface area contributed by atoms with Crippen LogP contribution in [-0.4, -0.2) is 35.0 Å². The molecule has 0 heterocycles. The van der Waals surface area contributed by atoms with Crippen LogP contribution in [-0.2, 0) is 27.7 Å². The van der Waals surface area contributed by atoms with E-state index >= 15 is 0 Å². The fourth-order valence-electron chi connectivity index (χ4n) is 3.32. The van der Waals surface area contributed by atoms with Gasteiger partial charge >= 0.3 is 0 Å². The number of rotatable bonds is 8. The van der Waals surface area contributed by atoms with Gasteiger partial charge < -0.3 is 10.6 Å². The molecule has 3 N–H and O–H groups in total. The summed E-state index contributed by atoms with van der Waals surface area (Å²) in [6.07, 6.45) is 2.03. The molecule has 2 aromatic rings. The molecule has 3 rings (SSSR count). The number of benzene rings is 2. The minimum atomic E-state index is -3.31. The monoisotopic (exact) mass is 418 g/mol. The minimum Gasteiger partial charge on any atom is -0.356 e. The standard InChI is InChI=1S/C21H27FN4O2S/c1-23-20(26-15-21(9-10-21)18-7-4-8-19(22)12-18)25-13-16-5-3-6-17(11-16)14-29(27,28)24-2/h3-8,11-12,24H,9-10,13-15H2,1-2H3,(H2,23,25,26). The second-order valence-corrected chi connectivity index (χ2v) is 9.28. The maximum Gasteiger partial charge on any atom is 0.215 e. The Hall–Kier alpha value is -2.45. The van der Waals surface area contributed by atoms with Crippen LogP contribution >= 0.6 is 0 Å². The maximum atomic E-state index is 13.6. The molecule has 2 aromatic carbocycles. The molecule has 29 heavy (non-hydrogen) atoms. The molecule has 0 bridgehead atoms. The Bertz CT molecular complexity index is 988. The summed E-state index contributed by atoms with van der Waals surface area (Å²) in [5, 5.41) is 6.59. The molecule has 0 radical (unpaired) electrons. The van der Waals surface area contributed by atoms with Crippen molar-refractivity contribution in [3.05, 3.63) is 71.0 Å². The summed E-state index contributed by atoms with van der Waals surface area (Å²) in [5.41, 5.74) is 2.66. The molecule has 1 aliphatic carbocycles. The molecule has 0 unspecified atom stereocenters. The highest BCUT2D eigenvalue weighted by molar-refractivity contribution is 7.88. The van der Waals surface area contributed by atoms with Gasteiger partial charge in [0.2, 0.25) is 10.0 Å². The van der Waals surface area contributed by atoms with Gasteiger partial charge in [-0.15, -0.1) is 0 Å². The lowest BCUT2D eigenvalue weighted by atomic mass is 9.96. The lowest BCUT2D eigenvalue weighted by Crippen LogP contribution is -2.40. The highest BCUT2D eigenvalue weighted by Gasteiger charge is 2.44.